The van der Waals surface area contributed by atoms with Gasteiger partial charge in [-0.05, 0) is 25.7 Å². The van der Waals surface area contributed by atoms with E-state index in [0.717, 1.165) is 26.2 Å². The summed E-state index contributed by atoms with van der Waals surface area (Å²) >= 11 is 0. The summed E-state index contributed by atoms with van der Waals surface area (Å²) in [4.78, 5) is 0. The molecule has 2 rings (SSSR count). The highest BCUT2D eigenvalue weighted by Gasteiger charge is 2.02. The molecule has 9 heteroatoms. The Morgan fingerprint density at radius 2 is 1.00 bits per heavy atom. The van der Waals surface area contributed by atoms with Crippen molar-refractivity contribution in [2.75, 3.05) is 0 Å². The minimum Gasteiger partial charge on any atom is -0.759 e. The third kappa shape index (κ3) is 18.8. The molecule has 0 bridgehead atoms. The maximum absolute atomic E-state index is 8.52. The Morgan fingerprint density at radius 1 is 0.677 bits per heavy atom. The Balaban J connectivity index is 0.000000479. The summed E-state index contributed by atoms with van der Waals surface area (Å²) in [5.74, 6) is 0. The van der Waals surface area contributed by atoms with Crippen molar-refractivity contribution in [1.82, 2.24) is 9.13 Å². The van der Waals surface area contributed by atoms with Crippen molar-refractivity contribution in [3.8, 4) is 0 Å². The topological polar surface area (TPSA) is 97.9 Å². The van der Waals surface area contributed by atoms with Crippen LogP contribution in [-0.4, -0.2) is 26.7 Å². The van der Waals surface area contributed by atoms with E-state index in [1.807, 2.05) is 0 Å². The van der Waals surface area contributed by atoms with E-state index in [1.165, 1.54) is 51.4 Å². The van der Waals surface area contributed by atoms with Crippen LogP contribution in [0.15, 0.2) is 37.4 Å². The Kier molecular flexibility index (Phi) is 16.9. The molecule has 0 spiro atoms. The first-order chi connectivity index (χ1) is 14.7. The Labute approximate surface area is 189 Å². The van der Waals surface area contributed by atoms with Crippen molar-refractivity contribution in [2.24, 2.45) is 0 Å². The highest BCUT2D eigenvalue weighted by atomic mass is 32.3. The number of imidazole rings is 2. The molecule has 2 aromatic heterocycles. The third-order valence-electron chi connectivity index (χ3n) is 4.57. The van der Waals surface area contributed by atoms with Crippen molar-refractivity contribution in [3.05, 3.63) is 37.4 Å². The SMILES string of the molecule is CCCCn1cc[n+](CCCC)c1.CCCCn1cc[n+](CCCC)c1.O=S(=O)([O-])[O-]. The lowest BCUT2D eigenvalue weighted by Gasteiger charge is -2.06. The molecule has 0 aliphatic heterocycles. The van der Waals surface area contributed by atoms with Crippen LogP contribution in [0.5, 0.6) is 0 Å². The van der Waals surface area contributed by atoms with Gasteiger partial charge in [0.2, 0.25) is 12.7 Å². The second-order valence-corrected chi connectivity index (χ2v) is 8.42. The average Bonchev–Trinajstić information content (AvgIpc) is 3.36. The lowest BCUT2D eigenvalue weighted by atomic mass is 10.3. The highest BCUT2D eigenvalue weighted by Crippen LogP contribution is 1.95. The summed E-state index contributed by atoms with van der Waals surface area (Å²) in [5.41, 5.74) is 0. The monoisotopic (exact) mass is 458 g/mol. The standard InChI is InChI=1S/2C11H21N2.H2O4S/c2*1-3-5-7-12-9-10-13(11-12)8-6-4-2;1-5(2,3)4/h2*9-11H,3-8H2,1-2H3;(H2,1,2,3,4)/q2*+1;/p-2. The smallest absolute Gasteiger partial charge is 0.243 e. The number of unbranched alkanes of at least 4 members (excludes halogenated alkanes) is 4. The van der Waals surface area contributed by atoms with E-state index >= 15 is 0 Å². The predicted molar refractivity (Wildman–Crippen MR) is 119 cm³/mol. The van der Waals surface area contributed by atoms with E-state index in [4.69, 9.17) is 17.5 Å². The van der Waals surface area contributed by atoms with Gasteiger partial charge in [-0.1, -0.05) is 53.4 Å². The fourth-order valence-electron chi connectivity index (χ4n) is 2.77. The number of rotatable bonds is 12. The lowest BCUT2D eigenvalue weighted by molar-refractivity contribution is -0.697. The Hall–Kier alpha value is -1.71. The molecule has 2 aromatic rings. The van der Waals surface area contributed by atoms with Gasteiger partial charge in [0.1, 0.15) is 24.8 Å². The van der Waals surface area contributed by atoms with E-state index in [0.29, 0.717) is 0 Å². The van der Waals surface area contributed by atoms with Crippen LogP contribution in [0.4, 0.5) is 0 Å². The molecule has 31 heavy (non-hydrogen) atoms. The molecular weight excluding hydrogens is 416 g/mol. The van der Waals surface area contributed by atoms with Gasteiger partial charge in [0, 0.05) is 10.4 Å². The Bertz CT molecular complexity index is 669. The fourth-order valence-corrected chi connectivity index (χ4v) is 2.77. The zero-order chi connectivity index (χ0) is 23.5. The summed E-state index contributed by atoms with van der Waals surface area (Å²) in [6, 6.07) is 0. The van der Waals surface area contributed by atoms with E-state index in [2.05, 4.69) is 83.4 Å². The van der Waals surface area contributed by atoms with E-state index in [1.54, 1.807) is 0 Å². The first-order valence-corrected chi connectivity index (χ1v) is 12.8. The van der Waals surface area contributed by atoms with Crippen molar-refractivity contribution in [3.63, 3.8) is 0 Å². The normalized spacial score (nSPS) is 10.8. The summed E-state index contributed by atoms with van der Waals surface area (Å²) in [6.45, 7) is 13.6. The molecule has 2 heterocycles. The zero-order valence-corrected chi connectivity index (χ0v) is 20.6. The van der Waals surface area contributed by atoms with Gasteiger partial charge >= 0.3 is 0 Å². The van der Waals surface area contributed by atoms with Gasteiger partial charge in [0.15, 0.2) is 0 Å². The molecule has 0 amide bonds. The average molecular weight is 459 g/mol. The molecule has 0 unspecified atom stereocenters. The maximum Gasteiger partial charge on any atom is 0.243 e. The molecule has 0 saturated heterocycles. The first-order valence-electron chi connectivity index (χ1n) is 11.5. The zero-order valence-electron chi connectivity index (χ0n) is 19.8. The number of aryl methyl sites for hydroxylation is 4. The summed E-state index contributed by atoms with van der Waals surface area (Å²) in [6.07, 6.45) is 23.3. The number of aromatic nitrogens is 4. The molecular formula is C22H42N4O4S. The minimum atomic E-state index is -5.17. The van der Waals surface area contributed by atoms with Gasteiger partial charge < -0.3 is 9.11 Å². The quantitative estimate of drug-likeness (QED) is 0.276. The number of nitrogens with zero attached hydrogens (tertiary/aromatic N) is 4. The fraction of sp³-hybridized carbons (Fsp3) is 0.727. The molecule has 180 valence electrons. The number of hydrogen-bond acceptors (Lipinski definition) is 4. The maximum atomic E-state index is 8.52. The molecule has 0 fully saturated rings. The number of hydrogen-bond donors (Lipinski definition) is 0. The van der Waals surface area contributed by atoms with Crippen LogP contribution >= 0.6 is 0 Å². The van der Waals surface area contributed by atoms with Crippen LogP contribution in [0.3, 0.4) is 0 Å². The molecule has 0 aliphatic carbocycles. The lowest BCUT2D eigenvalue weighted by Crippen LogP contribution is -2.30. The van der Waals surface area contributed by atoms with Gasteiger partial charge in [0.25, 0.3) is 0 Å². The van der Waals surface area contributed by atoms with Gasteiger partial charge in [-0.3, -0.25) is 8.42 Å². The van der Waals surface area contributed by atoms with Crippen LogP contribution < -0.4 is 9.13 Å². The molecule has 0 aliphatic rings. The second-order valence-electron chi connectivity index (χ2n) is 7.60. The Morgan fingerprint density at radius 3 is 1.29 bits per heavy atom. The van der Waals surface area contributed by atoms with Crippen molar-refractivity contribution in [1.29, 1.82) is 0 Å². The van der Waals surface area contributed by atoms with Crippen LogP contribution in [-0.2, 0) is 36.6 Å². The van der Waals surface area contributed by atoms with Crippen LogP contribution in [0.25, 0.3) is 0 Å². The van der Waals surface area contributed by atoms with E-state index in [9.17, 15) is 0 Å². The second kappa shape index (κ2) is 17.9. The summed E-state index contributed by atoms with van der Waals surface area (Å²) < 4.78 is 43.2. The van der Waals surface area contributed by atoms with E-state index < -0.39 is 10.4 Å². The molecule has 0 atom stereocenters. The molecule has 0 N–H and O–H groups in total. The predicted octanol–water partition coefficient (Wildman–Crippen LogP) is 3.41. The summed E-state index contributed by atoms with van der Waals surface area (Å²) in [7, 11) is -5.17. The van der Waals surface area contributed by atoms with Crippen LogP contribution in [0.2, 0.25) is 0 Å². The molecule has 0 saturated carbocycles. The van der Waals surface area contributed by atoms with Gasteiger partial charge in [-0.2, -0.15) is 0 Å². The van der Waals surface area contributed by atoms with Gasteiger partial charge in [-0.25, -0.2) is 18.3 Å². The van der Waals surface area contributed by atoms with Gasteiger partial charge in [0.05, 0.1) is 26.2 Å². The van der Waals surface area contributed by atoms with Crippen molar-refractivity contribution < 1.29 is 26.7 Å². The van der Waals surface area contributed by atoms with E-state index in [-0.39, 0.29) is 0 Å². The van der Waals surface area contributed by atoms with Crippen LogP contribution in [0, 0.1) is 0 Å². The molecule has 0 aromatic carbocycles. The highest BCUT2D eigenvalue weighted by molar-refractivity contribution is 7.79. The van der Waals surface area contributed by atoms with Gasteiger partial charge in [-0.15, -0.1) is 0 Å². The third-order valence-corrected chi connectivity index (χ3v) is 4.57. The van der Waals surface area contributed by atoms with Crippen molar-refractivity contribution >= 4 is 10.4 Å². The molecule has 0 radical (unpaired) electrons. The molecule has 8 nitrogen and oxygen atoms in total. The van der Waals surface area contributed by atoms with Crippen LogP contribution in [0.1, 0.15) is 79.1 Å². The first kappa shape index (κ1) is 29.3. The summed E-state index contributed by atoms with van der Waals surface area (Å²) in [5, 5.41) is 0. The largest absolute Gasteiger partial charge is 0.759 e. The van der Waals surface area contributed by atoms with Crippen molar-refractivity contribution in [2.45, 2.75) is 105 Å². The minimum absolute atomic E-state index is 1.16.